The van der Waals surface area contributed by atoms with Gasteiger partial charge in [-0.1, -0.05) is 33.6 Å². The zero-order chi connectivity index (χ0) is 14.5. The quantitative estimate of drug-likeness (QED) is 0.861. The predicted molar refractivity (Wildman–Crippen MR) is 85.2 cm³/mol. The third kappa shape index (κ3) is 3.22. The van der Waals surface area contributed by atoms with Gasteiger partial charge >= 0.3 is 0 Å². The Morgan fingerprint density at radius 2 is 1.90 bits per heavy atom. The summed E-state index contributed by atoms with van der Waals surface area (Å²) in [7, 11) is 0. The number of hydrogen-bond donors (Lipinski definition) is 2. The first-order valence-corrected chi connectivity index (χ1v) is 8.01. The number of rotatable bonds is 5. The monoisotopic (exact) mass is 276 g/mol. The van der Waals surface area contributed by atoms with E-state index in [4.69, 9.17) is 0 Å². The molecule has 1 aromatic rings. The molecule has 0 radical (unpaired) electrons. The van der Waals surface area contributed by atoms with Gasteiger partial charge in [0.15, 0.2) is 0 Å². The molecular formula is C16H28N4. The SMILES string of the molecule is CCNc1ncnc(NC2CCCC(C)C2C)c1CC. The van der Waals surface area contributed by atoms with Crippen molar-refractivity contribution in [1.29, 1.82) is 0 Å². The van der Waals surface area contributed by atoms with Crippen LogP contribution in [0.4, 0.5) is 11.6 Å². The molecule has 1 aliphatic carbocycles. The highest BCUT2D eigenvalue weighted by atomic mass is 15.1. The first-order chi connectivity index (χ1) is 9.67. The highest BCUT2D eigenvalue weighted by Gasteiger charge is 2.27. The Balaban J connectivity index is 2.18. The summed E-state index contributed by atoms with van der Waals surface area (Å²) in [5.41, 5.74) is 1.21. The summed E-state index contributed by atoms with van der Waals surface area (Å²) in [5, 5.41) is 7.02. The minimum Gasteiger partial charge on any atom is -0.370 e. The molecule has 3 atom stereocenters. The molecule has 0 saturated heterocycles. The standard InChI is InChI=1S/C16H28N4/c1-5-13-15(17-6-2)18-10-19-16(13)20-14-9-7-8-11(3)12(14)4/h10-12,14H,5-9H2,1-4H3,(H2,17,18,19,20). The third-order valence-electron chi connectivity index (χ3n) is 4.67. The van der Waals surface area contributed by atoms with Crippen molar-refractivity contribution < 1.29 is 0 Å². The van der Waals surface area contributed by atoms with Gasteiger partial charge in [0.25, 0.3) is 0 Å². The van der Waals surface area contributed by atoms with Crippen molar-refractivity contribution in [3.8, 4) is 0 Å². The van der Waals surface area contributed by atoms with E-state index in [9.17, 15) is 0 Å². The number of anilines is 2. The zero-order valence-corrected chi connectivity index (χ0v) is 13.2. The molecule has 1 fully saturated rings. The van der Waals surface area contributed by atoms with Gasteiger partial charge in [-0.3, -0.25) is 0 Å². The topological polar surface area (TPSA) is 49.8 Å². The highest BCUT2D eigenvalue weighted by molar-refractivity contribution is 5.57. The molecule has 0 aromatic carbocycles. The van der Waals surface area contributed by atoms with Crippen molar-refractivity contribution in [2.24, 2.45) is 11.8 Å². The van der Waals surface area contributed by atoms with Gasteiger partial charge in [-0.05, 0) is 31.6 Å². The fourth-order valence-electron chi connectivity index (χ4n) is 3.15. The smallest absolute Gasteiger partial charge is 0.134 e. The summed E-state index contributed by atoms with van der Waals surface area (Å²) >= 11 is 0. The largest absolute Gasteiger partial charge is 0.370 e. The van der Waals surface area contributed by atoms with Gasteiger partial charge in [0.1, 0.15) is 18.0 Å². The Morgan fingerprint density at radius 3 is 2.60 bits per heavy atom. The van der Waals surface area contributed by atoms with E-state index in [1.54, 1.807) is 6.33 Å². The lowest BCUT2D eigenvalue weighted by atomic mass is 9.78. The van der Waals surface area contributed by atoms with E-state index in [-0.39, 0.29) is 0 Å². The van der Waals surface area contributed by atoms with Crippen LogP contribution < -0.4 is 10.6 Å². The molecule has 1 saturated carbocycles. The number of nitrogens with zero attached hydrogens (tertiary/aromatic N) is 2. The van der Waals surface area contributed by atoms with Crippen LogP contribution in [0.15, 0.2) is 6.33 Å². The molecule has 2 rings (SSSR count). The summed E-state index contributed by atoms with van der Waals surface area (Å²) in [6.45, 7) is 9.88. The second-order valence-electron chi connectivity index (χ2n) is 5.95. The fraction of sp³-hybridized carbons (Fsp3) is 0.750. The Labute approximate surface area is 122 Å². The third-order valence-corrected chi connectivity index (χ3v) is 4.67. The average molecular weight is 276 g/mol. The molecule has 0 amide bonds. The minimum absolute atomic E-state index is 0.536. The van der Waals surface area contributed by atoms with Crippen molar-refractivity contribution in [3.63, 3.8) is 0 Å². The van der Waals surface area contributed by atoms with Gasteiger partial charge in [-0.25, -0.2) is 9.97 Å². The predicted octanol–water partition coefficient (Wildman–Crippen LogP) is 3.71. The molecule has 3 unspecified atom stereocenters. The van der Waals surface area contributed by atoms with E-state index in [1.165, 1.54) is 24.8 Å². The molecule has 20 heavy (non-hydrogen) atoms. The Hall–Kier alpha value is -1.32. The van der Waals surface area contributed by atoms with E-state index in [2.05, 4.69) is 48.3 Å². The first-order valence-electron chi connectivity index (χ1n) is 8.01. The minimum atomic E-state index is 0.536. The van der Waals surface area contributed by atoms with E-state index >= 15 is 0 Å². The second-order valence-corrected chi connectivity index (χ2v) is 5.95. The van der Waals surface area contributed by atoms with Crippen LogP contribution in [-0.4, -0.2) is 22.6 Å². The van der Waals surface area contributed by atoms with Gasteiger partial charge in [0.05, 0.1) is 0 Å². The lowest BCUT2D eigenvalue weighted by Crippen LogP contribution is -2.35. The Morgan fingerprint density at radius 1 is 1.15 bits per heavy atom. The lowest BCUT2D eigenvalue weighted by Gasteiger charge is -2.35. The number of aromatic nitrogens is 2. The van der Waals surface area contributed by atoms with Crippen LogP contribution in [0.5, 0.6) is 0 Å². The zero-order valence-electron chi connectivity index (χ0n) is 13.2. The van der Waals surface area contributed by atoms with Crippen molar-refractivity contribution in [3.05, 3.63) is 11.9 Å². The summed E-state index contributed by atoms with van der Waals surface area (Å²) < 4.78 is 0. The van der Waals surface area contributed by atoms with E-state index in [0.29, 0.717) is 12.0 Å². The van der Waals surface area contributed by atoms with Crippen LogP contribution in [0, 0.1) is 11.8 Å². The summed E-state index contributed by atoms with van der Waals surface area (Å²) in [6, 6.07) is 0.536. The first kappa shape index (κ1) is 15.1. The van der Waals surface area contributed by atoms with E-state index < -0.39 is 0 Å². The van der Waals surface area contributed by atoms with Gasteiger partial charge in [-0.15, -0.1) is 0 Å². The van der Waals surface area contributed by atoms with Crippen LogP contribution >= 0.6 is 0 Å². The molecule has 112 valence electrons. The Kier molecular flexibility index (Phi) is 5.21. The van der Waals surface area contributed by atoms with Crippen LogP contribution in [0.2, 0.25) is 0 Å². The molecule has 0 bridgehead atoms. The summed E-state index contributed by atoms with van der Waals surface area (Å²) in [4.78, 5) is 8.85. The van der Waals surface area contributed by atoms with Crippen LogP contribution in [0.3, 0.4) is 0 Å². The summed E-state index contributed by atoms with van der Waals surface area (Å²) in [5.74, 6) is 3.49. The second kappa shape index (κ2) is 6.91. The van der Waals surface area contributed by atoms with E-state index in [1.807, 2.05) is 0 Å². The van der Waals surface area contributed by atoms with Gasteiger partial charge in [0, 0.05) is 18.2 Å². The highest BCUT2D eigenvalue weighted by Crippen LogP contribution is 2.32. The molecule has 1 aliphatic rings. The van der Waals surface area contributed by atoms with Crippen molar-refractivity contribution in [2.45, 2.75) is 59.4 Å². The molecule has 0 aliphatic heterocycles. The molecule has 4 heteroatoms. The molecule has 1 aromatic heterocycles. The number of nitrogens with one attached hydrogen (secondary N) is 2. The average Bonchev–Trinajstić information content (AvgIpc) is 2.44. The normalized spacial score (nSPS) is 26.3. The van der Waals surface area contributed by atoms with Crippen LogP contribution in [0.1, 0.15) is 52.5 Å². The molecule has 1 heterocycles. The molecule has 2 N–H and O–H groups in total. The maximum absolute atomic E-state index is 4.48. The fourth-order valence-corrected chi connectivity index (χ4v) is 3.15. The van der Waals surface area contributed by atoms with Crippen molar-refractivity contribution in [2.75, 3.05) is 17.2 Å². The summed E-state index contributed by atoms with van der Waals surface area (Å²) in [6.07, 6.45) is 6.52. The van der Waals surface area contributed by atoms with Crippen LogP contribution in [-0.2, 0) is 6.42 Å². The maximum atomic E-state index is 4.48. The Bertz CT molecular complexity index is 432. The van der Waals surface area contributed by atoms with Gasteiger partial charge in [0.2, 0.25) is 0 Å². The maximum Gasteiger partial charge on any atom is 0.134 e. The lowest BCUT2D eigenvalue weighted by molar-refractivity contribution is 0.253. The van der Waals surface area contributed by atoms with Gasteiger partial charge in [-0.2, -0.15) is 0 Å². The number of hydrogen-bond acceptors (Lipinski definition) is 4. The van der Waals surface area contributed by atoms with Crippen molar-refractivity contribution >= 4 is 11.6 Å². The molecule has 4 nitrogen and oxygen atoms in total. The van der Waals surface area contributed by atoms with E-state index in [0.717, 1.165) is 30.5 Å². The van der Waals surface area contributed by atoms with Crippen LogP contribution in [0.25, 0.3) is 0 Å². The molecule has 0 spiro atoms. The van der Waals surface area contributed by atoms with Crippen molar-refractivity contribution in [1.82, 2.24) is 9.97 Å². The molecular weight excluding hydrogens is 248 g/mol. The van der Waals surface area contributed by atoms with Gasteiger partial charge < -0.3 is 10.6 Å².